The predicted molar refractivity (Wildman–Crippen MR) is 75.0 cm³/mol. The fraction of sp³-hybridized carbons (Fsp3) is 0.222. The minimum atomic E-state index is -0.0560. The summed E-state index contributed by atoms with van der Waals surface area (Å²) >= 11 is 1.63. The first-order chi connectivity index (χ1) is 8.58. The monoisotopic (exact) mass is 268 g/mol. The highest BCUT2D eigenvalue weighted by Crippen LogP contribution is 2.16. The van der Waals surface area contributed by atoms with Crippen molar-refractivity contribution in [1.82, 2.24) is 5.43 Å². The van der Waals surface area contributed by atoms with Crippen LogP contribution in [0.5, 0.6) is 0 Å². The maximum atomic E-state index is 5.19. The third kappa shape index (κ3) is 5.70. The molecule has 0 aliphatic rings. The van der Waals surface area contributed by atoms with Gasteiger partial charge in [0.15, 0.2) is 0 Å². The molecule has 0 aliphatic heterocycles. The van der Waals surface area contributed by atoms with E-state index in [9.17, 15) is 0 Å². The average molecular weight is 268 g/mol. The van der Waals surface area contributed by atoms with Gasteiger partial charge in [0.25, 0.3) is 0 Å². The van der Waals surface area contributed by atoms with Crippen LogP contribution in [0.2, 0.25) is 0 Å². The molecule has 18 heavy (non-hydrogen) atoms. The maximum absolute atomic E-state index is 5.19. The SMILES string of the molecule is NC(N)=N/N=C\Cc1ccc(CNN=C(N)N)s1. The minimum absolute atomic E-state index is 0.0103. The molecule has 0 saturated heterocycles. The first-order valence-corrected chi connectivity index (χ1v) is 5.89. The van der Waals surface area contributed by atoms with E-state index in [1.165, 1.54) is 0 Å². The fourth-order valence-corrected chi connectivity index (χ4v) is 1.98. The third-order valence-electron chi connectivity index (χ3n) is 1.73. The molecule has 0 atom stereocenters. The fourth-order valence-electron chi connectivity index (χ4n) is 1.07. The van der Waals surface area contributed by atoms with Crippen LogP contribution in [-0.4, -0.2) is 18.1 Å². The van der Waals surface area contributed by atoms with Crippen LogP contribution in [-0.2, 0) is 13.0 Å². The molecule has 1 rings (SSSR count). The molecule has 0 bridgehead atoms. The van der Waals surface area contributed by atoms with Gasteiger partial charge in [0, 0.05) is 22.4 Å². The van der Waals surface area contributed by atoms with Crippen LogP contribution in [0.3, 0.4) is 0 Å². The molecule has 0 radical (unpaired) electrons. The van der Waals surface area contributed by atoms with Crippen LogP contribution in [0, 0.1) is 0 Å². The summed E-state index contributed by atoms with van der Waals surface area (Å²) in [5.41, 5.74) is 23.4. The van der Waals surface area contributed by atoms with E-state index < -0.39 is 0 Å². The van der Waals surface area contributed by atoms with Crippen LogP contribution in [0.15, 0.2) is 27.4 Å². The Morgan fingerprint density at radius 3 is 2.56 bits per heavy atom. The number of thiophene rings is 1. The van der Waals surface area contributed by atoms with Gasteiger partial charge in [0.2, 0.25) is 11.9 Å². The Morgan fingerprint density at radius 1 is 1.17 bits per heavy atom. The maximum Gasteiger partial charge on any atom is 0.211 e. The lowest BCUT2D eigenvalue weighted by molar-refractivity contribution is 0.750. The highest BCUT2D eigenvalue weighted by molar-refractivity contribution is 7.12. The zero-order chi connectivity index (χ0) is 13.4. The van der Waals surface area contributed by atoms with Crippen LogP contribution < -0.4 is 28.4 Å². The van der Waals surface area contributed by atoms with E-state index in [1.807, 2.05) is 12.1 Å². The number of rotatable bonds is 6. The molecular formula is C9H16N8S. The van der Waals surface area contributed by atoms with Crippen LogP contribution in [0.4, 0.5) is 0 Å². The molecule has 1 heterocycles. The van der Waals surface area contributed by atoms with Gasteiger partial charge in [0.1, 0.15) is 0 Å². The average Bonchev–Trinajstić information content (AvgIpc) is 2.72. The largest absolute Gasteiger partial charge is 0.369 e. The van der Waals surface area contributed by atoms with Crippen LogP contribution >= 0.6 is 11.3 Å². The topological polar surface area (TPSA) is 153 Å². The summed E-state index contributed by atoms with van der Waals surface area (Å²) in [6.45, 7) is 0.577. The first-order valence-electron chi connectivity index (χ1n) is 5.07. The quantitative estimate of drug-likeness (QED) is 0.250. The van der Waals surface area contributed by atoms with Crippen molar-refractivity contribution in [2.75, 3.05) is 0 Å². The molecule has 98 valence electrons. The smallest absolute Gasteiger partial charge is 0.211 e. The molecule has 0 fully saturated rings. The second-order valence-corrected chi connectivity index (χ2v) is 4.52. The van der Waals surface area contributed by atoms with Gasteiger partial charge in [0.05, 0.1) is 6.54 Å². The predicted octanol–water partition coefficient (Wildman–Crippen LogP) is -1.17. The molecule has 1 aromatic heterocycles. The number of hydrogen-bond donors (Lipinski definition) is 5. The normalized spacial score (nSPS) is 10.2. The second kappa shape index (κ2) is 7.12. The van der Waals surface area contributed by atoms with Crippen molar-refractivity contribution in [2.45, 2.75) is 13.0 Å². The number of nitrogens with two attached hydrogens (primary N) is 4. The highest BCUT2D eigenvalue weighted by atomic mass is 32.1. The van der Waals surface area contributed by atoms with E-state index in [4.69, 9.17) is 22.9 Å². The molecule has 0 saturated carbocycles. The molecule has 1 aromatic rings. The van der Waals surface area contributed by atoms with Gasteiger partial charge in [-0.2, -0.15) is 5.10 Å². The van der Waals surface area contributed by atoms with Crippen molar-refractivity contribution in [2.24, 2.45) is 38.2 Å². The summed E-state index contributed by atoms with van der Waals surface area (Å²) in [6.07, 6.45) is 2.31. The molecule has 0 amide bonds. The Labute approximate surface area is 108 Å². The summed E-state index contributed by atoms with van der Waals surface area (Å²) in [4.78, 5) is 2.26. The summed E-state index contributed by atoms with van der Waals surface area (Å²) in [7, 11) is 0. The van der Waals surface area contributed by atoms with Gasteiger partial charge in [-0.1, -0.05) is 0 Å². The molecular weight excluding hydrogens is 252 g/mol. The zero-order valence-corrected chi connectivity index (χ0v) is 10.5. The Bertz CT molecular complexity index is 453. The van der Waals surface area contributed by atoms with Crippen molar-refractivity contribution in [3.8, 4) is 0 Å². The van der Waals surface area contributed by atoms with E-state index in [0.29, 0.717) is 13.0 Å². The summed E-state index contributed by atoms with van der Waals surface area (Å²) in [5, 5.41) is 10.9. The van der Waals surface area contributed by atoms with Crippen LogP contribution in [0.25, 0.3) is 0 Å². The van der Waals surface area contributed by atoms with E-state index in [-0.39, 0.29) is 11.9 Å². The molecule has 0 unspecified atom stereocenters. The number of hydrazone groups is 1. The molecule has 9 N–H and O–H groups in total. The van der Waals surface area contributed by atoms with Crippen molar-refractivity contribution in [1.29, 1.82) is 0 Å². The van der Waals surface area contributed by atoms with Gasteiger partial charge in [-0.3, -0.25) is 0 Å². The Hall–Kier alpha value is -2.29. The minimum Gasteiger partial charge on any atom is -0.369 e. The van der Waals surface area contributed by atoms with E-state index in [1.54, 1.807) is 17.6 Å². The third-order valence-corrected chi connectivity index (χ3v) is 2.83. The summed E-state index contributed by atoms with van der Waals surface area (Å²) < 4.78 is 0. The van der Waals surface area contributed by atoms with Gasteiger partial charge < -0.3 is 28.4 Å². The lowest BCUT2D eigenvalue weighted by Crippen LogP contribution is -2.26. The molecule has 8 nitrogen and oxygen atoms in total. The standard InChI is InChI=1S/C9H16N8S/c10-8(11)16-14-4-3-6-1-2-7(18-6)5-15-17-9(12)13/h1-2,4,15H,3,5H2,(H4,10,11,16)(H4,12,13,17)/b14-4-. The number of hydrogen-bond acceptors (Lipinski definition) is 5. The van der Waals surface area contributed by atoms with E-state index in [0.717, 1.165) is 9.75 Å². The van der Waals surface area contributed by atoms with Gasteiger partial charge in [-0.25, -0.2) is 0 Å². The molecule has 0 spiro atoms. The first kappa shape index (κ1) is 13.8. The Balaban J connectivity index is 2.41. The Morgan fingerprint density at radius 2 is 1.89 bits per heavy atom. The van der Waals surface area contributed by atoms with Crippen molar-refractivity contribution >= 4 is 29.5 Å². The van der Waals surface area contributed by atoms with E-state index in [2.05, 4.69) is 20.7 Å². The van der Waals surface area contributed by atoms with Gasteiger partial charge in [-0.05, 0) is 12.1 Å². The Kier molecular flexibility index (Phi) is 5.45. The molecule has 0 aromatic carbocycles. The second-order valence-electron chi connectivity index (χ2n) is 3.27. The molecule has 9 heteroatoms. The zero-order valence-electron chi connectivity index (χ0n) is 9.71. The van der Waals surface area contributed by atoms with Crippen molar-refractivity contribution < 1.29 is 0 Å². The van der Waals surface area contributed by atoms with Gasteiger partial charge >= 0.3 is 0 Å². The lowest BCUT2D eigenvalue weighted by atomic mass is 10.3. The number of nitrogens with one attached hydrogen (secondary N) is 1. The lowest BCUT2D eigenvalue weighted by Gasteiger charge is -1.96. The van der Waals surface area contributed by atoms with E-state index >= 15 is 0 Å². The van der Waals surface area contributed by atoms with Crippen LogP contribution in [0.1, 0.15) is 9.75 Å². The summed E-state index contributed by atoms with van der Waals surface area (Å²) in [6, 6.07) is 3.99. The highest BCUT2D eigenvalue weighted by Gasteiger charge is 1.98. The molecule has 0 aliphatic carbocycles. The van der Waals surface area contributed by atoms with Gasteiger partial charge in [-0.15, -0.1) is 21.5 Å². The summed E-state index contributed by atoms with van der Waals surface area (Å²) in [5.74, 6) is -0.0456. The number of nitrogens with zero attached hydrogens (tertiary/aromatic N) is 3. The van der Waals surface area contributed by atoms with Crippen molar-refractivity contribution in [3.63, 3.8) is 0 Å². The number of guanidine groups is 2. The van der Waals surface area contributed by atoms with Crippen molar-refractivity contribution in [3.05, 3.63) is 21.9 Å².